The van der Waals surface area contributed by atoms with Crippen molar-refractivity contribution < 1.29 is 14.7 Å². The molecule has 114 valence electrons. The lowest BCUT2D eigenvalue weighted by Crippen LogP contribution is -2.42. The van der Waals surface area contributed by atoms with Crippen molar-refractivity contribution >= 4 is 11.9 Å². The van der Waals surface area contributed by atoms with Gasteiger partial charge in [0, 0.05) is 18.7 Å². The van der Waals surface area contributed by atoms with Gasteiger partial charge in [-0.25, -0.2) is 4.68 Å². The Morgan fingerprint density at radius 2 is 2.00 bits per heavy atom. The van der Waals surface area contributed by atoms with E-state index in [4.69, 9.17) is 5.11 Å². The topological polar surface area (TPSA) is 101 Å². The Bertz CT molecular complexity index is 668. The monoisotopic (exact) mass is 301 g/mol. The molecule has 1 aliphatic rings. The molecule has 0 saturated carbocycles. The first kappa shape index (κ1) is 14.2. The Balaban J connectivity index is 1.73. The zero-order valence-electron chi connectivity index (χ0n) is 11.8. The van der Waals surface area contributed by atoms with Crippen molar-refractivity contribution in [1.82, 2.24) is 25.1 Å². The predicted molar refractivity (Wildman–Crippen MR) is 75.4 cm³/mol. The summed E-state index contributed by atoms with van der Waals surface area (Å²) in [5.41, 5.74) is 1.28. The minimum absolute atomic E-state index is 0.144. The van der Waals surface area contributed by atoms with Crippen LogP contribution in [0.4, 0.5) is 0 Å². The lowest BCUT2D eigenvalue weighted by Gasteiger charge is -2.30. The minimum atomic E-state index is -0.841. The van der Waals surface area contributed by atoms with Gasteiger partial charge >= 0.3 is 5.97 Å². The summed E-state index contributed by atoms with van der Waals surface area (Å²) in [7, 11) is 0. The predicted octanol–water partition coefficient (Wildman–Crippen LogP) is 0.599. The van der Waals surface area contributed by atoms with Crippen LogP contribution in [0.5, 0.6) is 0 Å². The molecule has 1 amide bonds. The molecule has 3 rings (SSSR count). The van der Waals surface area contributed by atoms with Crippen LogP contribution in [0.1, 0.15) is 23.2 Å². The number of amides is 1. The number of rotatable bonds is 3. The highest BCUT2D eigenvalue weighted by molar-refractivity contribution is 5.94. The van der Waals surface area contributed by atoms with Crippen molar-refractivity contribution in [3.05, 3.63) is 36.2 Å². The van der Waals surface area contributed by atoms with Crippen molar-refractivity contribution in [3.63, 3.8) is 0 Å². The van der Waals surface area contributed by atoms with E-state index in [-0.39, 0.29) is 12.5 Å². The second kappa shape index (κ2) is 5.92. The zero-order chi connectivity index (χ0) is 15.5. The number of likely N-dealkylation sites (tertiary alicyclic amines) is 1. The number of piperidine rings is 1. The number of tetrazole rings is 1. The second-order valence-corrected chi connectivity index (χ2v) is 5.23. The summed E-state index contributed by atoms with van der Waals surface area (Å²) in [5, 5.41) is 20.0. The number of aromatic nitrogens is 4. The van der Waals surface area contributed by atoms with Gasteiger partial charge in [0.1, 0.15) is 6.33 Å². The number of aliphatic carboxylic acids is 1. The maximum absolute atomic E-state index is 12.5. The molecule has 0 aliphatic carbocycles. The number of carbonyl (C=O) groups excluding carboxylic acids is 1. The van der Waals surface area contributed by atoms with Gasteiger partial charge in [0.05, 0.1) is 11.6 Å². The Hall–Kier alpha value is -2.77. The molecule has 1 aromatic carbocycles. The van der Waals surface area contributed by atoms with Crippen LogP contribution in [0.15, 0.2) is 30.6 Å². The standard InChI is InChI=1S/C14H15N5O3/c20-13(18-7-1-2-11(8-18)14(21)22)10-3-5-12(6-4-10)19-9-15-16-17-19/h3-6,9,11H,1-2,7-8H2,(H,21,22)/t11-/m0/s1. The molecule has 0 unspecified atom stereocenters. The first-order valence-electron chi connectivity index (χ1n) is 7.00. The molecule has 1 aliphatic heterocycles. The maximum Gasteiger partial charge on any atom is 0.308 e. The SMILES string of the molecule is O=C(O)[C@H]1CCCN(C(=O)c2ccc(-n3cnnn3)cc2)C1. The fraction of sp³-hybridized carbons (Fsp3) is 0.357. The summed E-state index contributed by atoms with van der Waals surface area (Å²) >= 11 is 0. The number of carboxylic acids is 1. The average molecular weight is 301 g/mol. The largest absolute Gasteiger partial charge is 0.481 e. The average Bonchev–Trinajstić information content (AvgIpc) is 3.09. The van der Waals surface area contributed by atoms with E-state index in [1.165, 1.54) is 11.0 Å². The van der Waals surface area contributed by atoms with Gasteiger partial charge in [-0.05, 0) is 47.5 Å². The van der Waals surface area contributed by atoms with Crippen LogP contribution in [0.2, 0.25) is 0 Å². The summed E-state index contributed by atoms with van der Waals surface area (Å²) in [6.07, 6.45) is 2.81. The van der Waals surface area contributed by atoms with E-state index < -0.39 is 11.9 Å². The van der Waals surface area contributed by atoms with Crippen LogP contribution >= 0.6 is 0 Å². The molecule has 0 radical (unpaired) electrons. The zero-order valence-corrected chi connectivity index (χ0v) is 11.8. The van der Waals surface area contributed by atoms with Gasteiger partial charge in [0.2, 0.25) is 0 Å². The normalized spacial score (nSPS) is 18.2. The molecule has 2 heterocycles. The molecule has 1 fully saturated rings. The van der Waals surface area contributed by atoms with Crippen LogP contribution in [0.3, 0.4) is 0 Å². The lowest BCUT2D eigenvalue weighted by atomic mass is 9.97. The number of nitrogens with zero attached hydrogens (tertiary/aromatic N) is 5. The third-order valence-electron chi connectivity index (χ3n) is 3.79. The lowest BCUT2D eigenvalue weighted by molar-refractivity contribution is -0.143. The van der Waals surface area contributed by atoms with Crippen molar-refractivity contribution in [3.8, 4) is 5.69 Å². The number of hydrogen-bond acceptors (Lipinski definition) is 5. The smallest absolute Gasteiger partial charge is 0.308 e. The summed E-state index contributed by atoms with van der Waals surface area (Å²) in [5.74, 6) is -1.46. The van der Waals surface area contributed by atoms with E-state index >= 15 is 0 Å². The Morgan fingerprint density at radius 1 is 1.23 bits per heavy atom. The molecule has 0 bridgehead atoms. The summed E-state index contributed by atoms with van der Waals surface area (Å²) in [6.45, 7) is 0.861. The van der Waals surface area contributed by atoms with Gasteiger partial charge < -0.3 is 10.0 Å². The van der Waals surface area contributed by atoms with Crippen LogP contribution in [0.25, 0.3) is 5.69 Å². The highest BCUT2D eigenvalue weighted by atomic mass is 16.4. The van der Waals surface area contributed by atoms with Gasteiger partial charge in [0.15, 0.2) is 0 Å². The van der Waals surface area contributed by atoms with Crippen LogP contribution in [0, 0.1) is 5.92 Å². The van der Waals surface area contributed by atoms with Gasteiger partial charge in [-0.3, -0.25) is 9.59 Å². The Morgan fingerprint density at radius 3 is 2.64 bits per heavy atom. The number of benzene rings is 1. The van der Waals surface area contributed by atoms with Gasteiger partial charge in [-0.2, -0.15) is 0 Å². The van der Waals surface area contributed by atoms with Gasteiger partial charge in [-0.1, -0.05) is 0 Å². The number of hydrogen-bond donors (Lipinski definition) is 1. The molecule has 22 heavy (non-hydrogen) atoms. The fourth-order valence-corrected chi connectivity index (χ4v) is 2.58. The summed E-state index contributed by atoms with van der Waals surface area (Å²) in [6, 6.07) is 6.90. The second-order valence-electron chi connectivity index (χ2n) is 5.23. The molecular weight excluding hydrogens is 286 g/mol. The third-order valence-corrected chi connectivity index (χ3v) is 3.79. The maximum atomic E-state index is 12.5. The first-order chi connectivity index (χ1) is 10.6. The molecular formula is C14H15N5O3. The van der Waals surface area contributed by atoms with Crippen molar-refractivity contribution in [1.29, 1.82) is 0 Å². The van der Waals surface area contributed by atoms with Crippen LogP contribution in [-0.4, -0.2) is 55.2 Å². The summed E-state index contributed by atoms with van der Waals surface area (Å²) < 4.78 is 1.50. The number of carbonyl (C=O) groups is 2. The molecule has 1 atom stereocenters. The molecule has 2 aromatic rings. The highest BCUT2D eigenvalue weighted by Gasteiger charge is 2.28. The Kier molecular flexibility index (Phi) is 3.82. The number of carboxylic acid groups (broad SMARTS) is 1. The van der Waals surface area contributed by atoms with Gasteiger partial charge in [-0.15, -0.1) is 5.10 Å². The summed E-state index contributed by atoms with van der Waals surface area (Å²) in [4.78, 5) is 25.1. The van der Waals surface area contributed by atoms with Crippen molar-refractivity contribution in [2.75, 3.05) is 13.1 Å². The highest BCUT2D eigenvalue weighted by Crippen LogP contribution is 2.19. The van der Waals surface area contributed by atoms with Crippen LogP contribution in [-0.2, 0) is 4.79 Å². The molecule has 0 spiro atoms. The molecule has 1 N–H and O–H groups in total. The minimum Gasteiger partial charge on any atom is -0.481 e. The molecule has 8 heteroatoms. The van der Waals surface area contributed by atoms with Crippen molar-refractivity contribution in [2.45, 2.75) is 12.8 Å². The quantitative estimate of drug-likeness (QED) is 0.890. The van der Waals surface area contributed by atoms with E-state index in [1.54, 1.807) is 29.2 Å². The molecule has 1 saturated heterocycles. The third kappa shape index (κ3) is 2.80. The van der Waals surface area contributed by atoms with E-state index in [0.29, 0.717) is 24.9 Å². The van der Waals surface area contributed by atoms with E-state index in [2.05, 4.69) is 15.5 Å². The van der Waals surface area contributed by atoms with Crippen molar-refractivity contribution in [2.24, 2.45) is 5.92 Å². The fourth-order valence-electron chi connectivity index (χ4n) is 2.58. The Labute approximate surface area is 126 Å². The van der Waals surface area contributed by atoms with Crippen LogP contribution < -0.4 is 0 Å². The van der Waals surface area contributed by atoms with E-state index in [0.717, 1.165) is 5.69 Å². The molecule has 1 aromatic heterocycles. The van der Waals surface area contributed by atoms with E-state index in [9.17, 15) is 9.59 Å². The van der Waals surface area contributed by atoms with Gasteiger partial charge in [0.25, 0.3) is 5.91 Å². The van der Waals surface area contributed by atoms with E-state index in [1.807, 2.05) is 0 Å². The first-order valence-corrected chi connectivity index (χ1v) is 7.00. The molecule has 8 nitrogen and oxygen atoms in total.